The molecule has 4 rings (SSSR count). The van der Waals surface area contributed by atoms with Crippen molar-refractivity contribution in [1.82, 2.24) is 0 Å². The number of hydrogen-bond donors (Lipinski definition) is 5. The van der Waals surface area contributed by atoms with Crippen LogP contribution in [0.5, 0.6) is 0 Å². The van der Waals surface area contributed by atoms with Crippen molar-refractivity contribution in [2.75, 3.05) is 13.2 Å². The first-order chi connectivity index (χ1) is 15.8. The van der Waals surface area contributed by atoms with E-state index in [4.69, 9.17) is 9.47 Å². The van der Waals surface area contributed by atoms with Crippen LogP contribution in [0.15, 0.2) is 11.6 Å². The first-order valence-corrected chi connectivity index (χ1v) is 12.7. The number of fused-ring (bicyclic) bond motifs is 3. The quantitative estimate of drug-likeness (QED) is 0.370. The molecule has 3 fully saturated rings. The number of rotatable bonds is 5. The highest BCUT2D eigenvalue weighted by Gasteiger charge is 2.57. The first-order valence-electron chi connectivity index (χ1n) is 12.7. The van der Waals surface area contributed by atoms with Gasteiger partial charge in [-0.2, -0.15) is 0 Å². The predicted octanol–water partition coefficient (Wildman–Crippen LogP) is 1.31. The fourth-order valence-corrected chi connectivity index (χ4v) is 7.33. The van der Waals surface area contributed by atoms with Crippen molar-refractivity contribution in [3.05, 3.63) is 11.6 Å². The molecule has 0 aromatic rings. The minimum absolute atomic E-state index is 0.0839. The number of carbonyl (C=O) groups excluding carboxylic acids is 1. The molecule has 0 aromatic heterocycles. The Balaban J connectivity index is 1.43. The lowest BCUT2D eigenvalue weighted by Crippen LogP contribution is -2.59. The maximum Gasteiger partial charge on any atom is 0.186 e. The average molecular weight is 483 g/mol. The second-order valence-corrected chi connectivity index (χ2v) is 12.2. The summed E-state index contributed by atoms with van der Waals surface area (Å²) < 4.78 is 11.1. The smallest absolute Gasteiger partial charge is 0.186 e. The Bertz CT molecular complexity index is 809. The number of carbonyl (C=O) groups is 1. The van der Waals surface area contributed by atoms with Crippen LogP contribution in [0.25, 0.3) is 0 Å². The summed E-state index contributed by atoms with van der Waals surface area (Å²) in [5, 5.41) is 50.6. The van der Waals surface area contributed by atoms with Gasteiger partial charge in [0.25, 0.3) is 0 Å². The van der Waals surface area contributed by atoms with Crippen LogP contribution in [-0.4, -0.2) is 81.3 Å². The van der Waals surface area contributed by atoms with Gasteiger partial charge in [0.05, 0.1) is 19.3 Å². The van der Waals surface area contributed by atoms with Gasteiger partial charge in [0, 0.05) is 11.8 Å². The van der Waals surface area contributed by atoms with Gasteiger partial charge in [-0.3, -0.25) is 4.79 Å². The number of allylic oxidation sites excluding steroid dienone is 2. The highest BCUT2D eigenvalue weighted by Crippen LogP contribution is 2.63. The van der Waals surface area contributed by atoms with Crippen molar-refractivity contribution >= 4 is 5.78 Å². The lowest BCUT2D eigenvalue weighted by atomic mass is 9.45. The molecule has 0 bridgehead atoms. The van der Waals surface area contributed by atoms with Gasteiger partial charge in [-0.1, -0.05) is 39.3 Å². The van der Waals surface area contributed by atoms with E-state index in [1.165, 1.54) is 5.57 Å². The molecule has 0 unspecified atom stereocenters. The third kappa shape index (κ3) is 4.19. The van der Waals surface area contributed by atoms with E-state index in [0.717, 1.165) is 32.1 Å². The molecule has 8 nitrogen and oxygen atoms in total. The SMILES string of the molecule is CC1(C)C(=O)CC[C@@]2(C)[C@@H]3CC[C@](C)([C@H](O)CO[C@@H]4O[C@H](CO)[C@@H](O)[C@H](O)[C@H]4O)CC3=CC[C@H]12. The number of aliphatic hydroxyl groups excluding tert-OH is 5. The molecule has 3 aliphatic carbocycles. The van der Waals surface area contributed by atoms with Crippen LogP contribution in [0.2, 0.25) is 0 Å². The summed E-state index contributed by atoms with van der Waals surface area (Å²) in [4.78, 5) is 12.6. The summed E-state index contributed by atoms with van der Waals surface area (Å²) in [6, 6.07) is 0. The molecule has 1 heterocycles. The minimum atomic E-state index is -1.51. The molecular formula is C26H42O8. The Morgan fingerprint density at radius 3 is 2.50 bits per heavy atom. The third-order valence-corrected chi connectivity index (χ3v) is 9.82. The lowest BCUT2D eigenvalue weighted by molar-refractivity contribution is -0.306. The zero-order chi connectivity index (χ0) is 25.1. The van der Waals surface area contributed by atoms with E-state index in [9.17, 15) is 30.3 Å². The van der Waals surface area contributed by atoms with Gasteiger partial charge in [-0.25, -0.2) is 0 Å². The molecule has 0 amide bonds. The summed E-state index contributed by atoms with van der Waals surface area (Å²) >= 11 is 0. The second kappa shape index (κ2) is 9.21. The molecule has 4 aliphatic rings. The molecule has 1 saturated heterocycles. The van der Waals surface area contributed by atoms with E-state index in [1.54, 1.807) is 0 Å². The molecule has 8 heteroatoms. The van der Waals surface area contributed by atoms with Gasteiger partial charge in [0.15, 0.2) is 6.29 Å². The second-order valence-electron chi connectivity index (χ2n) is 12.2. The highest BCUT2D eigenvalue weighted by molar-refractivity contribution is 5.85. The summed E-state index contributed by atoms with van der Waals surface area (Å²) in [5.74, 6) is 1.11. The van der Waals surface area contributed by atoms with Gasteiger partial charge in [0.2, 0.25) is 0 Å². The van der Waals surface area contributed by atoms with E-state index >= 15 is 0 Å². The molecule has 194 valence electrons. The van der Waals surface area contributed by atoms with Crippen LogP contribution in [0, 0.1) is 28.1 Å². The molecule has 34 heavy (non-hydrogen) atoms. The van der Waals surface area contributed by atoms with Crippen molar-refractivity contribution in [3.8, 4) is 0 Å². The fraction of sp³-hybridized carbons (Fsp3) is 0.885. The largest absolute Gasteiger partial charge is 0.394 e. The minimum Gasteiger partial charge on any atom is -0.394 e. The maximum atomic E-state index is 12.6. The standard InChI is InChI=1S/C26H42O8/c1-24(2)17-6-5-14-11-25(3,9-7-15(14)26(17,4)10-8-18(24)28)19(29)13-33-23-22(32)21(31)20(30)16(12-27)34-23/h5,15-17,19-23,27,29-32H,6-13H2,1-4H3/t15-,16-,17-,19-,20-,21+,22-,23-,25+,26+/m1/s1. The van der Waals surface area contributed by atoms with E-state index in [0.29, 0.717) is 24.0 Å². The van der Waals surface area contributed by atoms with E-state index in [1.807, 2.05) is 6.92 Å². The molecule has 5 N–H and O–H groups in total. The number of ether oxygens (including phenoxy) is 2. The van der Waals surface area contributed by atoms with Crippen LogP contribution in [0.4, 0.5) is 0 Å². The lowest BCUT2D eigenvalue weighted by Gasteiger charge is -2.59. The number of aliphatic hydroxyl groups is 5. The van der Waals surface area contributed by atoms with Crippen molar-refractivity contribution < 1.29 is 39.8 Å². The van der Waals surface area contributed by atoms with Crippen LogP contribution in [0.3, 0.4) is 0 Å². The van der Waals surface area contributed by atoms with Gasteiger partial charge in [-0.15, -0.1) is 0 Å². The number of hydrogen-bond acceptors (Lipinski definition) is 8. The molecule has 1 aliphatic heterocycles. The Hall–Kier alpha value is -0.870. The number of ketones is 1. The Labute approximate surface area is 202 Å². The normalized spacial score (nSPS) is 47.4. The van der Waals surface area contributed by atoms with E-state index < -0.39 is 48.8 Å². The van der Waals surface area contributed by atoms with Crippen LogP contribution >= 0.6 is 0 Å². The average Bonchev–Trinajstić information content (AvgIpc) is 2.79. The zero-order valence-corrected chi connectivity index (χ0v) is 20.8. The maximum absolute atomic E-state index is 12.6. The zero-order valence-electron chi connectivity index (χ0n) is 20.8. The molecule has 2 saturated carbocycles. The summed E-state index contributed by atoms with van der Waals surface area (Å²) in [7, 11) is 0. The van der Waals surface area contributed by atoms with Crippen LogP contribution in [-0.2, 0) is 14.3 Å². The monoisotopic (exact) mass is 482 g/mol. The van der Waals surface area contributed by atoms with Crippen LogP contribution < -0.4 is 0 Å². The van der Waals surface area contributed by atoms with Crippen molar-refractivity contribution in [2.45, 2.75) is 103 Å². The molecule has 0 spiro atoms. The first kappa shape index (κ1) is 26.2. The third-order valence-electron chi connectivity index (χ3n) is 9.82. The van der Waals surface area contributed by atoms with Crippen LogP contribution in [0.1, 0.15) is 66.2 Å². The Morgan fingerprint density at radius 1 is 1.12 bits per heavy atom. The summed E-state index contributed by atoms with van der Waals surface area (Å²) in [5.41, 5.74) is 0.721. The fourth-order valence-electron chi connectivity index (χ4n) is 7.33. The van der Waals surface area contributed by atoms with Crippen molar-refractivity contribution in [3.63, 3.8) is 0 Å². The molecular weight excluding hydrogens is 440 g/mol. The van der Waals surface area contributed by atoms with Gasteiger partial charge in [0.1, 0.15) is 30.2 Å². The molecule has 0 radical (unpaired) electrons. The van der Waals surface area contributed by atoms with Crippen molar-refractivity contribution in [1.29, 1.82) is 0 Å². The molecule has 10 atom stereocenters. The van der Waals surface area contributed by atoms with Gasteiger partial charge in [-0.05, 0) is 54.8 Å². The Kier molecular flexibility index (Phi) is 7.10. The van der Waals surface area contributed by atoms with Gasteiger partial charge >= 0.3 is 0 Å². The van der Waals surface area contributed by atoms with E-state index in [2.05, 4.69) is 26.8 Å². The van der Waals surface area contributed by atoms with E-state index in [-0.39, 0.29) is 17.4 Å². The summed E-state index contributed by atoms with van der Waals surface area (Å²) in [6.45, 7) is 7.98. The number of Topliss-reactive ketones (excluding diaryl/α,β-unsaturated/α-hetero) is 1. The topological polar surface area (TPSA) is 137 Å². The Morgan fingerprint density at radius 2 is 1.82 bits per heavy atom. The predicted molar refractivity (Wildman–Crippen MR) is 123 cm³/mol. The highest BCUT2D eigenvalue weighted by atomic mass is 16.7. The van der Waals surface area contributed by atoms with Crippen molar-refractivity contribution in [2.24, 2.45) is 28.1 Å². The van der Waals surface area contributed by atoms with Gasteiger partial charge < -0.3 is 35.0 Å². The summed E-state index contributed by atoms with van der Waals surface area (Å²) in [6.07, 6.45) is -0.310. The molecule has 0 aromatic carbocycles.